The molecule has 0 spiro atoms. The predicted molar refractivity (Wildman–Crippen MR) is 86.0 cm³/mol. The highest BCUT2D eigenvalue weighted by Crippen LogP contribution is 2.18. The van der Waals surface area contributed by atoms with E-state index >= 15 is 0 Å². The van der Waals surface area contributed by atoms with Gasteiger partial charge < -0.3 is 10.6 Å². The van der Waals surface area contributed by atoms with Crippen LogP contribution in [0.2, 0.25) is 5.02 Å². The average Bonchev–Trinajstić information content (AvgIpc) is 2.43. The standard InChI is InChI=1S/C15H21ClN2O.ClH/c1-11-13(5-2-6-14(11)16)15(19)18-9-7-12-4-3-8-17-10-12;/h2,5-6,12,17H,3-4,7-10H2,1H3,(H,18,19);1H. The maximum atomic E-state index is 12.1. The summed E-state index contributed by atoms with van der Waals surface area (Å²) >= 11 is 6.03. The number of amides is 1. The Morgan fingerprint density at radius 2 is 2.30 bits per heavy atom. The first-order chi connectivity index (χ1) is 9.18. The van der Waals surface area contributed by atoms with E-state index in [4.69, 9.17) is 11.6 Å². The fraction of sp³-hybridized carbons (Fsp3) is 0.533. The predicted octanol–water partition coefficient (Wildman–Crippen LogP) is 3.19. The monoisotopic (exact) mass is 316 g/mol. The first-order valence-corrected chi connectivity index (χ1v) is 7.30. The second kappa shape index (κ2) is 8.50. The Hall–Kier alpha value is -0.770. The summed E-state index contributed by atoms with van der Waals surface area (Å²) < 4.78 is 0. The molecular weight excluding hydrogens is 295 g/mol. The first-order valence-electron chi connectivity index (χ1n) is 6.92. The summed E-state index contributed by atoms with van der Waals surface area (Å²) in [4.78, 5) is 12.1. The smallest absolute Gasteiger partial charge is 0.251 e. The van der Waals surface area contributed by atoms with Crippen LogP contribution in [0.15, 0.2) is 18.2 Å². The molecule has 0 aromatic heterocycles. The van der Waals surface area contributed by atoms with Crippen LogP contribution in [0, 0.1) is 12.8 Å². The van der Waals surface area contributed by atoms with Gasteiger partial charge >= 0.3 is 0 Å². The minimum Gasteiger partial charge on any atom is -0.352 e. The molecular formula is C15H22Cl2N2O. The highest BCUT2D eigenvalue weighted by molar-refractivity contribution is 6.31. The molecule has 0 aliphatic carbocycles. The normalized spacial score (nSPS) is 18.2. The zero-order valence-electron chi connectivity index (χ0n) is 11.7. The molecule has 1 aromatic rings. The van der Waals surface area contributed by atoms with E-state index < -0.39 is 0 Å². The lowest BCUT2D eigenvalue weighted by Gasteiger charge is -2.22. The molecule has 1 saturated heterocycles. The van der Waals surface area contributed by atoms with Gasteiger partial charge in [0.25, 0.3) is 5.91 Å². The Labute approximate surface area is 131 Å². The average molecular weight is 317 g/mol. The van der Waals surface area contributed by atoms with Crippen LogP contribution in [0.4, 0.5) is 0 Å². The first kappa shape index (κ1) is 17.3. The van der Waals surface area contributed by atoms with Gasteiger partial charge in [0, 0.05) is 17.1 Å². The van der Waals surface area contributed by atoms with Crippen molar-refractivity contribution in [1.29, 1.82) is 0 Å². The van der Waals surface area contributed by atoms with Crippen LogP contribution in [-0.2, 0) is 0 Å². The van der Waals surface area contributed by atoms with E-state index in [1.54, 1.807) is 6.07 Å². The lowest BCUT2D eigenvalue weighted by atomic mass is 9.96. The summed E-state index contributed by atoms with van der Waals surface area (Å²) in [7, 11) is 0. The van der Waals surface area contributed by atoms with Crippen LogP contribution in [0.1, 0.15) is 35.2 Å². The Morgan fingerprint density at radius 3 is 3.00 bits per heavy atom. The molecule has 5 heteroatoms. The minimum atomic E-state index is -0.0243. The minimum absolute atomic E-state index is 0. The third-order valence-electron chi connectivity index (χ3n) is 3.75. The fourth-order valence-electron chi connectivity index (χ4n) is 2.51. The number of nitrogens with one attached hydrogen (secondary N) is 2. The summed E-state index contributed by atoms with van der Waals surface area (Å²) in [6.45, 7) is 4.82. The van der Waals surface area contributed by atoms with E-state index in [2.05, 4.69) is 10.6 Å². The molecule has 0 radical (unpaired) electrons. The van der Waals surface area contributed by atoms with Gasteiger partial charge in [0.15, 0.2) is 0 Å². The zero-order valence-corrected chi connectivity index (χ0v) is 13.3. The maximum absolute atomic E-state index is 12.1. The van der Waals surface area contributed by atoms with Crippen molar-refractivity contribution in [2.45, 2.75) is 26.2 Å². The molecule has 1 heterocycles. The number of carbonyl (C=O) groups excluding carboxylic acids is 1. The van der Waals surface area contributed by atoms with Crippen molar-refractivity contribution in [2.75, 3.05) is 19.6 Å². The third kappa shape index (κ3) is 4.65. The highest BCUT2D eigenvalue weighted by atomic mass is 35.5. The Bertz CT molecular complexity index is 445. The molecule has 1 aliphatic rings. The van der Waals surface area contributed by atoms with Crippen molar-refractivity contribution in [3.8, 4) is 0 Å². The number of hydrogen-bond donors (Lipinski definition) is 2. The zero-order chi connectivity index (χ0) is 13.7. The molecule has 112 valence electrons. The molecule has 3 nitrogen and oxygen atoms in total. The van der Waals surface area contributed by atoms with Crippen molar-refractivity contribution >= 4 is 29.9 Å². The molecule has 0 bridgehead atoms. The van der Waals surface area contributed by atoms with Crippen LogP contribution in [0.3, 0.4) is 0 Å². The molecule has 20 heavy (non-hydrogen) atoms. The quantitative estimate of drug-likeness (QED) is 0.895. The van der Waals surface area contributed by atoms with Crippen LogP contribution in [0.25, 0.3) is 0 Å². The molecule has 1 fully saturated rings. The van der Waals surface area contributed by atoms with Gasteiger partial charge in [-0.15, -0.1) is 12.4 Å². The van der Waals surface area contributed by atoms with Gasteiger partial charge in [-0.2, -0.15) is 0 Å². The fourth-order valence-corrected chi connectivity index (χ4v) is 2.68. The third-order valence-corrected chi connectivity index (χ3v) is 4.16. The van der Waals surface area contributed by atoms with Gasteiger partial charge in [0.05, 0.1) is 0 Å². The summed E-state index contributed by atoms with van der Waals surface area (Å²) in [5.41, 5.74) is 1.52. The lowest BCUT2D eigenvalue weighted by molar-refractivity contribution is 0.0950. The van der Waals surface area contributed by atoms with Gasteiger partial charge in [-0.25, -0.2) is 0 Å². The Kier molecular flexibility index (Phi) is 7.35. The summed E-state index contributed by atoms with van der Waals surface area (Å²) in [6.07, 6.45) is 3.55. The summed E-state index contributed by atoms with van der Waals surface area (Å²) in [5.74, 6) is 0.665. The van der Waals surface area contributed by atoms with E-state index in [1.807, 2.05) is 19.1 Å². The van der Waals surface area contributed by atoms with Gasteiger partial charge in [-0.05, 0) is 62.9 Å². The maximum Gasteiger partial charge on any atom is 0.251 e. The Balaban J connectivity index is 0.00000200. The SMILES string of the molecule is Cc1c(Cl)cccc1C(=O)NCCC1CCCNC1.Cl. The number of carbonyl (C=O) groups is 1. The largest absolute Gasteiger partial charge is 0.352 e. The van der Waals surface area contributed by atoms with Crippen LogP contribution in [0.5, 0.6) is 0 Å². The van der Waals surface area contributed by atoms with Gasteiger partial charge in [-0.3, -0.25) is 4.79 Å². The molecule has 1 atom stereocenters. The molecule has 2 rings (SSSR count). The van der Waals surface area contributed by atoms with Crippen LogP contribution >= 0.6 is 24.0 Å². The topological polar surface area (TPSA) is 41.1 Å². The second-order valence-electron chi connectivity index (χ2n) is 5.17. The second-order valence-corrected chi connectivity index (χ2v) is 5.58. The van der Waals surface area contributed by atoms with Crippen LogP contribution in [-0.4, -0.2) is 25.5 Å². The molecule has 1 unspecified atom stereocenters. The summed E-state index contributed by atoms with van der Waals surface area (Å²) in [6, 6.07) is 5.44. The van der Waals surface area contributed by atoms with Crippen LogP contribution < -0.4 is 10.6 Å². The lowest BCUT2D eigenvalue weighted by Crippen LogP contribution is -2.33. The van der Waals surface area contributed by atoms with E-state index in [-0.39, 0.29) is 18.3 Å². The van der Waals surface area contributed by atoms with Crippen molar-refractivity contribution in [1.82, 2.24) is 10.6 Å². The van der Waals surface area contributed by atoms with Gasteiger partial charge in [-0.1, -0.05) is 17.7 Å². The number of rotatable bonds is 4. The molecule has 1 aliphatic heterocycles. The summed E-state index contributed by atoms with van der Waals surface area (Å²) in [5, 5.41) is 7.02. The van der Waals surface area contributed by atoms with E-state index in [0.717, 1.165) is 31.6 Å². The Morgan fingerprint density at radius 1 is 1.50 bits per heavy atom. The van der Waals surface area contributed by atoms with E-state index in [0.29, 0.717) is 16.5 Å². The van der Waals surface area contributed by atoms with E-state index in [1.165, 1.54) is 12.8 Å². The molecule has 2 N–H and O–H groups in total. The van der Waals surface area contributed by atoms with E-state index in [9.17, 15) is 4.79 Å². The molecule has 1 aromatic carbocycles. The van der Waals surface area contributed by atoms with Crippen molar-refractivity contribution in [2.24, 2.45) is 5.92 Å². The number of halogens is 2. The van der Waals surface area contributed by atoms with Gasteiger partial charge in [0.1, 0.15) is 0 Å². The van der Waals surface area contributed by atoms with Crippen molar-refractivity contribution < 1.29 is 4.79 Å². The number of piperidine rings is 1. The highest BCUT2D eigenvalue weighted by Gasteiger charge is 2.14. The van der Waals surface area contributed by atoms with Crippen molar-refractivity contribution in [3.63, 3.8) is 0 Å². The molecule has 1 amide bonds. The molecule has 0 saturated carbocycles. The number of benzene rings is 1. The number of hydrogen-bond acceptors (Lipinski definition) is 2. The van der Waals surface area contributed by atoms with Gasteiger partial charge in [0.2, 0.25) is 0 Å². The van der Waals surface area contributed by atoms with Crippen molar-refractivity contribution in [3.05, 3.63) is 34.3 Å².